The fourth-order valence-corrected chi connectivity index (χ4v) is 5.46. The number of ketones is 2. The molecule has 6 heteroatoms. The number of amides is 1. The van der Waals surface area contributed by atoms with E-state index in [4.69, 9.17) is 5.11 Å². The predicted octanol–water partition coefficient (Wildman–Crippen LogP) is 7.29. The van der Waals surface area contributed by atoms with Crippen LogP contribution in [0.15, 0.2) is 78.9 Å². The monoisotopic (exact) mass is 565 g/mol. The lowest BCUT2D eigenvalue weighted by Gasteiger charge is -2.22. The summed E-state index contributed by atoms with van der Waals surface area (Å²) >= 11 is 0. The van der Waals surface area contributed by atoms with Crippen molar-refractivity contribution < 1.29 is 24.3 Å². The zero-order valence-electron chi connectivity index (χ0n) is 24.4. The number of hydrogen-bond acceptors (Lipinski definition) is 4. The van der Waals surface area contributed by atoms with Crippen molar-refractivity contribution in [1.82, 2.24) is 5.32 Å². The number of carbonyl (C=O) groups excluding carboxylic acids is 3. The Kier molecular flexibility index (Phi) is 10.6. The van der Waals surface area contributed by atoms with E-state index < -0.39 is 11.9 Å². The van der Waals surface area contributed by atoms with Crippen LogP contribution in [0.4, 0.5) is 0 Å². The van der Waals surface area contributed by atoms with Gasteiger partial charge in [-0.25, -0.2) is 0 Å². The molecule has 1 fully saturated rings. The molecule has 0 heterocycles. The molecular weight excluding hydrogens is 526 g/mol. The van der Waals surface area contributed by atoms with Gasteiger partial charge in [0.1, 0.15) is 0 Å². The molecule has 4 rings (SSSR count). The third-order valence-electron chi connectivity index (χ3n) is 7.73. The van der Waals surface area contributed by atoms with Crippen LogP contribution >= 0.6 is 0 Å². The number of benzene rings is 3. The van der Waals surface area contributed by atoms with Gasteiger partial charge in [0.2, 0.25) is 0 Å². The van der Waals surface area contributed by atoms with Gasteiger partial charge in [0, 0.05) is 28.8 Å². The fraction of sp³-hybridized carbons (Fsp3) is 0.333. The van der Waals surface area contributed by atoms with E-state index in [1.54, 1.807) is 12.1 Å². The maximum atomic E-state index is 13.8. The SMILES string of the molecule is CC(C)Cc1ccc(C(=O)/C=C(/C(=O)c2ccc(C(=O)NCCC(=O)O)cc2)c2ccc(C3CCCCC3)cc2)cc1. The molecule has 0 aromatic heterocycles. The molecule has 0 spiro atoms. The highest BCUT2D eigenvalue weighted by Gasteiger charge is 2.20. The molecule has 0 bridgehead atoms. The van der Waals surface area contributed by atoms with Crippen LogP contribution in [0.2, 0.25) is 0 Å². The smallest absolute Gasteiger partial charge is 0.305 e. The summed E-state index contributed by atoms with van der Waals surface area (Å²) in [6, 6.07) is 21.7. The lowest BCUT2D eigenvalue weighted by Crippen LogP contribution is -2.26. The zero-order chi connectivity index (χ0) is 30.1. The Morgan fingerprint density at radius 1 is 0.786 bits per heavy atom. The largest absolute Gasteiger partial charge is 0.481 e. The van der Waals surface area contributed by atoms with Crippen molar-refractivity contribution in [2.75, 3.05) is 6.54 Å². The van der Waals surface area contributed by atoms with E-state index in [9.17, 15) is 19.2 Å². The summed E-state index contributed by atoms with van der Waals surface area (Å²) < 4.78 is 0. The van der Waals surface area contributed by atoms with Crippen LogP contribution in [-0.2, 0) is 11.2 Å². The van der Waals surface area contributed by atoms with Crippen molar-refractivity contribution in [3.63, 3.8) is 0 Å². The first kappa shape index (κ1) is 30.6. The molecule has 1 amide bonds. The molecule has 1 aliphatic carbocycles. The molecule has 2 N–H and O–H groups in total. The van der Waals surface area contributed by atoms with Crippen LogP contribution in [0, 0.1) is 5.92 Å². The number of Topliss-reactive ketones (excluding diaryl/α,β-unsaturated/α-hetero) is 1. The van der Waals surface area contributed by atoms with Crippen LogP contribution in [0.5, 0.6) is 0 Å². The minimum atomic E-state index is -0.997. The lowest BCUT2D eigenvalue weighted by molar-refractivity contribution is -0.136. The van der Waals surface area contributed by atoms with Gasteiger partial charge in [-0.1, -0.05) is 93.8 Å². The lowest BCUT2D eigenvalue weighted by atomic mass is 9.83. The number of carboxylic acids is 1. The Balaban J connectivity index is 1.60. The van der Waals surface area contributed by atoms with Gasteiger partial charge in [-0.2, -0.15) is 0 Å². The zero-order valence-corrected chi connectivity index (χ0v) is 24.4. The number of allylic oxidation sites excluding steroid dienone is 2. The second kappa shape index (κ2) is 14.5. The van der Waals surface area contributed by atoms with Crippen LogP contribution < -0.4 is 5.32 Å². The standard InChI is InChI=1S/C36H39NO5/c1-24(2)22-25-8-10-29(11-9-25)33(38)23-32(28-14-12-27(13-15-28)26-6-4-3-5-7-26)35(41)30-16-18-31(19-17-30)36(42)37-21-20-34(39)40/h8-19,23-24,26H,3-7,20-22H2,1-2H3,(H,37,42)(H,39,40)/b32-23+. The molecule has 6 nitrogen and oxygen atoms in total. The Hall–Kier alpha value is -4.32. The summed E-state index contributed by atoms with van der Waals surface area (Å²) in [5.41, 5.74) is 4.55. The second-order valence-corrected chi connectivity index (χ2v) is 11.5. The van der Waals surface area contributed by atoms with Crippen LogP contribution in [0.3, 0.4) is 0 Å². The van der Waals surface area contributed by atoms with Crippen molar-refractivity contribution in [3.8, 4) is 0 Å². The van der Waals surface area contributed by atoms with Crippen molar-refractivity contribution in [3.05, 3.63) is 112 Å². The molecule has 0 unspecified atom stereocenters. The average Bonchev–Trinajstić information content (AvgIpc) is 3.00. The number of rotatable bonds is 12. The molecule has 0 aliphatic heterocycles. The van der Waals surface area contributed by atoms with Crippen LogP contribution in [0.1, 0.15) is 106 Å². The van der Waals surface area contributed by atoms with Crippen LogP contribution in [-0.4, -0.2) is 35.1 Å². The van der Waals surface area contributed by atoms with Gasteiger partial charge in [-0.3, -0.25) is 19.2 Å². The molecule has 218 valence electrons. The van der Waals surface area contributed by atoms with E-state index in [0.29, 0.717) is 39.7 Å². The highest BCUT2D eigenvalue weighted by atomic mass is 16.4. The van der Waals surface area contributed by atoms with Crippen LogP contribution in [0.25, 0.3) is 5.57 Å². The molecule has 0 atom stereocenters. The first-order valence-corrected chi connectivity index (χ1v) is 14.8. The maximum absolute atomic E-state index is 13.8. The van der Waals surface area contributed by atoms with Gasteiger partial charge >= 0.3 is 5.97 Å². The molecular formula is C36H39NO5. The van der Waals surface area contributed by atoms with E-state index in [1.165, 1.54) is 55.9 Å². The molecule has 3 aromatic rings. The summed E-state index contributed by atoms with van der Waals surface area (Å²) in [7, 11) is 0. The highest BCUT2D eigenvalue weighted by Crippen LogP contribution is 2.33. The number of hydrogen-bond donors (Lipinski definition) is 2. The number of nitrogens with one attached hydrogen (secondary N) is 1. The van der Waals surface area contributed by atoms with Gasteiger partial charge in [0.15, 0.2) is 11.6 Å². The van der Waals surface area contributed by atoms with Gasteiger partial charge in [-0.05, 0) is 66.0 Å². The Morgan fingerprint density at radius 3 is 1.95 bits per heavy atom. The molecule has 1 aliphatic rings. The highest BCUT2D eigenvalue weighted by molar-refractivity contribution is 6.32. The molecule has 42 heavy (non-hydrogen) atoms. The van der Waals surface area contributed by atoms with Crippen molar-refractivity contribution in [2.24, 2.45) is 5.92 Å². The van der Waals surface area contributed by atoms with Gasteiger partial charge in [0.25, 0.3) is 5.91 Å². The van der Waals surface area contributed by atoms with E-state index in [1.807, 2.05) is 36.4 Å². The third kappa shape index (κ3) is 8.35. The normalized spacial score (nSPS) is 14.0. The Bertz CT molecular complexity index is 1430. The summed E-state index contributed by atoms with van der Waals surface area (Å²) in [4.78, 5) is 50.3. The van der Waals surface area contributed by atoms with Crippen molar-refractivity contribution >= 4 is 29.0 Å². The first-order valence-electron chi connectivity index (χ1n) is 14.8. The summed E-state index contributed by atoms with van der Waals surface area (Å²) in [5, 5.41) is 11.3. The van der Waals surface area contributed by atoms with Gasteiger partial charge < -0.3 is 10.4 Å². The molecule has 1 saturated carbocycles. The average molecular weight is 566 g/mol. The van der Waals surface area contributed by atoms with E-state index in [2.05, 4.69) is 31.3 Å². The molecule has 0 radical (unpaired) electrons. The predicted molar refractivity (Wildman–Crippen MR) is 165 cm³/mol. The van der Waals surface area contributed by atoms with E-state index in [-0.39, 0.29) is 24.5 Å². The minimum Gasteiger partial charge on any atom is -0.481 e. The summed E-state index contributed by atoms with van der Waals surface area (Å²) in [6.45, 7) is 4.31. The summed E-state index contributed by atoms with van der Waals surface area (Å²) in [6.07, 6.45) is 8.24. The molecule has 3 aromatic carbocycles. The van der Waals surface area contributed by atoms with Crippen molar-refractivity contribution in [1.29, 1.82) is 0 Å². The van der Waals surface area contributed by atoms with Gasteiger partial charge in [0.05, 0.1) is 6.42 Å². The minimum absolute atomic E-state index is 0.0130. The van der Waals surface area contributed by atoms with E-state index >= 15 is 0 Å². The number of carboxylic acid groups (broad SMARTS) is 1. The maximum Gasteiger partial charge on any atom is 0.305 e. The van der Waals surface area contributed by atoms with Crippen molar-refractivity contribution in [2.45, 2.75) is 64.7 Å². The summed E-state index contributed by atoms with van der Waals surface area (Å²) in [5.74, 6) is -0.947. The number of carbonyl (C=O) groups is 4. The Morgan fingerprint density at radius 2 is 1.36 bits per heavy atom. The quantitative estimate of drug-likeness (QED) is 0.177. The second-order valence-electron chi connectivity index (χ2n) is 11.5. The molecule has 0 saturated heterocycles. The Labute approximate surface area is 247 Å². The fourth-order valence-electron chi connectivity index (χ4n) is 5.46. The van der Waals surface area contributed by atoms with Gasteiger partial charge in [-0.15, -0.1) is 0 Å². The third-order valence-corrected chi connectivity index (χ3v) is 7.73. The number of aliphatic carboxylic acids is 1. The van der Waals surface area contributed by atoms with E-state index in [0.717, 1.165) is 12.0 Å². The topological polar surface area (TPSA) is 101 Å². The first-order chi connectivity index (χ1) is 20.2.